The Hall–Kier alpha value is -4.33. The van der Waals surface area contributed by atoms with Gasteiger partial charge in [0.2, 0.25) is 5.95 Å². The molecule has 8 heteroatoms. The van der Waals surface area contributed by atoms with Crippen molar-refractivity contribution in [2.45, 2.75) is 26.4 Å². The van der Waals surface area contributed by atoms with E-state index in [0.29, 0.717) is 29.6 Å². The molecule has 5 rings (SSSR count). The van der Waals surface area contributed by atoms with Crippen molar-refractivity contribution >= 4 is 17.5 Å². The van der Waals surface area contributed by atoms with Gasteiger partial charge in [0.25, 0.3) is 5.91 Å². The molecule has 0 spiro atoms. The number of benzene rings is 2. The van der Waals surface area contributed by atoms with Crippen LogP contribution >= 0.6 is 0 Å². The molecule has 1 aliphatic rings. The van der Waals surface area contributed by atoms with E-state index in [-0.39, 0.29) is 5.91 Å². The number of aromatic nitrogens is 4. The highest BCUT2D eigenvalue weighted by atomic mass is 19.1. The van der Waals surface area contributed by atoms with Gasteiger partial charge in [-0.05, 0) is 38.1 Å². The Labute approximate surface area is 196 Å². The van der Waals surface area contributed by atoms with Crippen molar-refractivity contribution in [3.63, 3.8) is 0 Å². The largest absolute Gasteiger partial charge is 0.344 e. The van der Waals surface area contributed by atoms with Crippen LogP contribution in [-0.2, 0) is 11.3 Å². The monoisotopic (exact) mass is 454 g/mol. The van der Waals surface area contributed by atoms with Crippen molar-refractivity contribution < 1.29 is 9.18 Å². The molecule has 0 aliphatic carbocycles. The predicted octanol–water partition coefficient (Wildman–Crippen LogP) is 4.70. The number of nitrogens with one attached hydrogen (secondary N) is 1. The number of carbonyl (C=O) groups excluding carboxylic acids is 1. The number of carbonyl (C=O) groups is 1. The fourth-order valence-electron chi connectivity index (χ4n) is 3.88. The molecule has 0 radical (unpaired) electrons. The lowest BCUT2D eigenvalue weighted by molar-refractivity contribution is -0.118. The maximum absolute atomic E-state index is 13.3. The molecule has 0 fully saturated rings. The average molecular weight is 455 g/mol. The van der Waals surface area contributed by atoms with Gasteiger partial charge in [-0.2, -0.15) is 0 Å². The molecule has 0 unspecified atom stereocenters. The lowest BCUT2D eigenvalue weighted by Gasteiger charge is -2.27. The highest BCUT2D eigenvalue weighted by molar-refractivity contribution is 5.95. The molecule has 0 saturated carbocycles. The van der Waals surface area contributed by atoms with Gasteiger partial charge in [0.05, 0.1) is 30.1 Å². The number of nitrogens with zero attached hydrogens (tertiary/aromatic N) is 5. The van der Waals surface area contributed by atoms with Crippen molar-refractivity contribution in [2.75, 3.05) is 4.90 Å². The number of aryl methyl sites for hydroxylation is 1. The number of hydrogen-bond acceptors (Lipinski definition) is 5. The SMILES string of the molecule is Cc1ccc(N2C=C(C(=O)N[C@H](C)c3ccc(F)cn3)Cn3c(-c4ccccc4)nnc32)cc1. The molecule has 2 aromatic heterocycles. The second kappa shape index (κ2) is 8.90. The fraction of sp³-hybridized carbons (Fsp3) is 0.154. The molecule has 1 aliphatic heterocycles. The summed E-state index contributed by atoms with van der Waals surface area (Å²) in [7, 11) is 0. The van der Waals surface area contributed by atoms with Crippen LogP contribution in [0.3, 0.4) is 0 Å². The zero-order valence-corrected chi connectivity index (χ0v) is 18.8. The van der Waals surface area contributed by atoms with Crippen molar-refractivity contribution in [1.82, 2.24) is 25.1 Å². The van der Waals surface area contributed by atoms with Gasteiger partial charge in [-0.1, -0.05) is 48.0 Å². The van der Waals surface area contributed by atoms with Gasteiger partial charge in [0.15, 0.2) is 5.82 Å². The highest BCUT2D eigenvalue weighted by Crippen LogP contribution is 2.33. The molecule has 1 atom stereocenters. The van der Waals surface area contributed by atoms with E-state index in [0.717, 1.165) is 23.0 Å². The van der Waals surface area contributed by atoms with E-state index in [1.165, 1.54) is 6.07 Å². The second-order valence-corrected chi connectivity index (χ2v) is 8.23. The third kappa shape index (κ3) is 4.17. The van der Waals surface area contributed by atoms with Crippen LogP contribution < -0.4 is 10.2 Å². The molecule has 1 amide bonds. The summed E-state index contributed by atoms with van der Waals surface area (Å²) >= 11 is 0. The number of anilines is 2. The van der Waals surface area contributed by atoms with Crippen molar-refractivity contribution in [3.05, 3.63) is 102 Å². The van der Waals surface area contributed by atoms with E-state index in [1.54, 1.807) is 12.3 Å². The van der Waals surface area contributed by atoms with Gasteiger partial charge in [0.1, 0.15) is 5.82 Å². The van der Waals surface area contributed by atoms with Gasteiger partial charge >= 0.3 is 0 Å². The molecule has 170 valence electrons. The fourth-order valence-corrected chi connectivity index (χ4v) is 3.88. The normalized spacial score (nSPS) is 13.7. The third-order valence-electron chi connectivity index (χ3n) is 5.74. The summed E-state index contributed by atoms with van der Waals surface area (Å²) in [4.78, 5) is 19.3. The van der Waals surface area contributed by atoms with Crippen LogP contribution in [0.1, 0.15) is 24.2 Å². The molecule has 3 heterocycles. The quantitative estimate of drug-likeness (QED) is 0.473. The Bertz CT molecular complexity index is 1350. The molecule has 34 heavy (non-hydrogen) atoms. The summed E-state index contributed by atoms with van der Waals surface area (Å²) in [5, 5.41) is 11.8. The Morgan fingerprint density at radius 1 is 1.03 bits per heavy atom. The van der Waals surface area contributed by atoms with E-state index in [4.69, 9.17) is 0 Å². The Kier molecular flexibility index (Phi) is 5.63. The highest BCUT2D eigenvalue weighted by Gasteiger charge is 2.28. The zero-order chi connectivity index (χ0) is 23.7. The molecule has 0 bridgehead atoms. The first kappa shape index (κ1) is 21.5. The minimum atomic E-state index is -0.417. The lowest BCUT2D eigenvalue weighted by atomic mass is 10.1. The molecule has 0 saturated heterocycles. The van der Waals surface area contributed by atoms with Crippen molar-refractivity contribution in [3.8, 4) is 11.4 Å². The number of hydrogen-bond donors (Lipinski definition) is 1. The first-order valence-electron chi connectivity index (χ1n) is 11.0. The average Bonchev–Trinajstić information content (AvgIpc) is 3.29. The molecule has 2 aromatic carbocycles. The second-order valence-electron chi connectivity index (χ2n) is 8.23. The topological polar surface area (TPSA) is 75.9 Å². The Balaban J connectivity index is 1.50. The molecular weight excluding hydrogens is 431 g/mol. The first-order chi connectivity index (χ1) is 16.5. The lowest BCUT2D eigenvalue weighted by Crippen LogP contribution is -2.33. The Morgan fingerprint density at radius 3 is 2.50 bits per heavy atom. The van der Waals surface area contributed by atoms with Crippen LogP contribution in [0.25, 0.3) is 11.4 Å². The van der Waals surface area contributed by atoms with E-state index >= 15 is 0 Å². The minimum Gasteiger partial charge on any atom is -0.344 e. The van der Waals surface area contributed by atoms with E-state index in [1.807, 2.05) is 77.9 Å². The summed E-state index contributed by atoms with van der Waals surface area (Å²) in [5.41, 5.74) is 4.04. The van der Waals surface area contributed by atoms with Crippen molar-refractivity contribution in [2.24, 2.45) is 0 Å². The summed E-state index contributed by atoms with van der Waals surface area (Å²) in [5.74, 6) is 0.653. The maximum Gasteiger partial charge on any atom is 0.251 e. The predicted molar refractivity (Wildman–Crippen MR) is 128 cm³/mol. The summed E-state index contributed by atoms with van der Waals surface area (Å²) < 4.78 is 15.2. The summed E-state index contributed by atoms with van der Waals surface area (Å²) in [6.45, 7) is 4.15. The van der Waals surface area contributed by atoms with E-state index in [9.17, 15) is 9.18 Å². The minimum absolute atomic E-state index is 0.242. The van der Waals surface area contributed by atoms with Gasteiger partial charge in [-0.15, -0.1) is 10.2 Å². The summed E-state index contributed by atoms with van der Waals surface area (Å²) in [6, 6.07) is 20.3. The van der Waals surface area contributed by atoms with Crippen LogP contribution in [0.15, 0.2) is 84.7 Å². The van der Waals surface area contributed by atoms with Crippen LogP contribution in [0.5, 0.6) is 0 Å². The van der Waals surface area contributed by atoms with Gasteiger partial charge in [-0.25, -0.2) is 4.39 Å². The molecular formula is C26H23FN6O. The van der Waals surface area contributed by atoms with Gasteiger partial charge in [0, 0.05) is 17.5 Å². The third-order valence-corrected chi connectivity index (χ3v) is 5.74. The standard InChI is InChI=1S/C26H23FN6O/c1-17-8-11-22(12-9-17)32-15-20(25(34)29-18(2)23-13-10-21(27)14-28-23)16-33-24(30-31-26(32)33)19-6-4-3-5-7-19/h3-15,18H,16H2,1-2H3,(H,29,34)/t18-/m1/s1. The smallest absolute Gasteiger partial charge is 0.251 e. The van der Waals surface area contributed by atoms with Crippen molar-refractivity contribution in [1.29, 1.82) is 0 Å². The number of amides is 1. The molecule has 1 N–H and O–H groups in total. The zero-order valence-electron chi connectivity index (χ0n) is 18.8. The number of halogens is 1. The number of rotatable bonds is 5. The van der Waals surface area contributed by atoms with Crippen LogP contribution in [0.4, 0.5) is 16.0 Å². The number of pyridine rings is 1. The van der Waals surface area contributed by atoms with E-state index in [2.05, 4.69) is 20.5 Å². The van der Waals surface area contributed by atoms with Gasteiger partial charge < -0.3 is 5.32 Å². The number of fused-ring (bicyclic) bond motifs is 1. The van der Waals surface area contributed by atoms with Gasteiger partial charge in [-0.3, -0.25) is 19.2 Å². The van der Waals surface area contributed by atoms with Crippen LogP contribution in [-0.4, -0.2) is 25.7 Å². The van der Waals surface area contributed by atoms with E-state index < -0.39 is 11.9 Å². The molecule has 4 aromatic rings. The van der Waals surface area contributed by atoms with Crippen LogP contribution in [0.2, 0.25) is 0 Å². The Morgan fingerprint density at radius 2 is 1.79 bits per heavy atom. The molecule has 7 nitrogen and oxygen atoms in total. The first-order valence-corrected chi connectivity index (χ1v) is 11.0. The van der Waals surface area contributed by atoms with Crippen LogP contribution in [0, 0.1) is 12.7 Å². The summed E-state index contributed by atoms with van der Waals surface area (Å²) in [6.07, 6.45) is 2.94. The maximum atomic E-state index is 13.3.